The lowest BCUT2D eigenvalue weighted by molar-refractivity contribution is 0.0696. The Labute approximate surface area is 222 Å². The van der Waals surface area contributed by atoms with Gasteiger partial charge in [-0.3, -0.25) is 9.59 Å². The molecule has 1 aliphatic heterocycles. The summed E-state index contributed by atoms with van der Waals surface area (Å²) < 4.78 is 26.5. The van der Waals surface area contributed by atoms with Crippen LogP contribution >= 0.6 is 11.6 Å². The van der Waals surface area contributed by atoms with E-state index >= 15 is 0 Å². The van der Waals surface area contributed by atoms with E-state index in [0.717, 1.165) is 5.56 Å². The summed E-state index contributed by atoms with van der Waals surface area (Å²) in [5, 5.41) is 14.1. The molecule has 0 radical (unpaired) electrons. The Kier molecular flexibility index (Phi) is 7.46. The minimum Gasteiger partial charge on any atom is -0.390 e. The molecule has 37 heavy (non-hydrogen) atoms. The molecule has 1 saturated carbocycles. The number of nitrogens with zero attached hydrogens (tertiary/aromatic N) is 4. The van der Waals surface area contributed by atoms with E-state index in [2.05, 4.69) is 10.3 Å². The number of sulfone groups is 1. The van der Waals surface area contributed by atoms with Gasteiger partial charge in [0, 0.05) is 37.7 Å². The summed E-state index contributed by atoms with van der Waals surface area (Å²) >= 11 is 5.90. The summed E-state index contributed by atoms with van der Waals surface area (Å²) in [6.45, 7) is 4.25. The summed E-state index contributed by atoms with van der Waals surface area (Å²) in [6, 6.07) is 7.11. The standard InChI is InChI=1S/C25H34ClN5O5S/c1-24(2,20(32)15-29(3)4)37(35,36)25(9-10-25)16-30-11-12-31-19(23(30)34)14-27-21(31)22(33)28-13-17-5-7-18(26)8-6-17/h5-8,14,20,32H,9-13,15-16H2,1-4H3,(H,28,33)/t20-/m0/s1. The van der Waals surface area contributed by atoms with Crippen LogP contribution in [0.4, 0.5) is 0 Å². The SMILES string of the molecule is CN(C)C[C@H](O)C(C)(C)S(=O)(=O)C1(CN2CCn3c(cnc3C(=O)NCc3ccc(Cl)cc3)C2=O)CC1. The topological polar surface area (TPSA) is 125 Å². The molecule has 1 fully saturated rings. The highest BCUT2D eigenvalue weighted by Gasteiger charge is 2.62. The number of aromatic nitrogens is 2. The molecule has 0 saturated heterocycles. The quantitative estimate of drug-likeness (QED) is 0.459. The second-order valence-corrected chi connectivity index (χ2v) is 14.1. The molecule has 0 unspecified atom stereocenters. The molecular weight excluding hydrogens is 518 g/mol. The van der Waals surface area contributed by atoms with Crippen LogP contribution in [0, 0.1) is 0 Å². The third kappa shape index (κ3) is 5.14. The van der Waals surface area contributed by atoms with Crippen molar-refractivity contribution in [2.24, 2.45) is 0 Å². The van der Waals surface area contributed by atoms with Crippen molar-refractivity contribution in [1.82, 2.24) is 24.7 Å². The third-order valence-corrected chi connectivity index (χ3v) is 11.0. The second-order valence-electron chi connectivity index (χ2n) is 10.7. The van der Waals surface area contributed by atoms with Crippen LogP contribution in [0.5, 0.6) is 0 Å². The Hall–Kier alpha value is -2.47. The van der Waals surface area contributed by atoms with Crippen LogP contribution in [-0.2, 0) is 22.9 Å². The van der Waals surface area contributed by atoms with Gasteiger partial charge in [0.05, 0.1) is 21.8 Å². The highest BCUT2D eigenvalue weighted by molar-refractivity contribution is 7.94. The average molecular weight is 552 g/mol. The van der Waals surface area contributed by atoms with Crippen molar-refractivity contribution in [1.29, 1.82) is 0 Å². The number of carbonyl (C=O) groups excluding carboxylic acids is 2. The van der Waals surface area contributed by atoms with Crippen LogP contribution < -0.4 is 5.32 Å². The van der Waals surface area contributed by atoms with Gasteiger partial charge in [-0.05, 0) is 58.5 Å². The van der Waals surface area contributed by atoms with Gasteiger partial charge in [0.25, 0.3) is 11.8 Å². The smallest absolute Gasteiger partial charge is 0.287 e. The van der Waals surface area contributed by atoms with Crippen molar-refractivity contribution in [2.75, 3.05) is 33.7 Å². The second kappa shape index (κ2) is 10.0. The van der Waals surface area contributed by atoms with E-state index in [4.69, 9.17) is 11.6 Å². The predicted octanol–water partition coefficient (Wildman–Crippen LogP) is 1.57. The van der Waals surface area contributed by atoms with Crippen molar-refractivity contribution in [3.63, 3.8) is 0 Å². The first-order valence-corrected chi connectivity index (χ1v) is 14.1. The maximum atomic E-state index is 13.7. The van der Waals surface area contributed by atoms with E-state index in [1.165, 1.54) is 11.1 Å². The van der Waals surface area contributed by atoms with E-state index in [9.17, 15) is 23.1 Å². The summed E-state index contributed by atoms with van der Waals surface area (Å²) in [6.07, 6.45) is 1.17. The molecule has 202 valence electrons. The van der Waals surface area contributed by atoms with E-state index < -0.39 is 31.3 Å². The summed E-state index contributed by atoms with van der Waals surface area (Å²) in [4.78, 5) is 33.5. The number of imidazole rings is 1. The lowest BCUT2D eigenvalue weighted by Crippen LogP contribution is -2.56. The van der Waals surface area contributed by atoms with Gasteiger partial charge in [-0.2, -0.15) is 0 Å². The zero-order valence-electron chi connectivity index (χ0n) is 21.6. The Morgan fingerprint density at radius 2 is 1.89 bits per heavy atom. The van der Waals surface area contributed by atoms with Crippen LogP contribution in [0.25, 0.3) is 0 Å². The van der Waals surface area contributed by atoms with Crippen LogP contribution in [0.1, 0.15) is 53.4 Å². The summed E-state index contributed by atoms with van der Waals surface area (Å²) in [5.41, 5.74) is 1.13. The van der Waals surface area contributed by atoms with Gasteiger partial charge in [0.2, 0.25) is 0 Å². The van der Waals surface area contributed by atoms with Crippen molar-refractivity contribution < 1.29 is 23.1 Å². The fraction of sp³-hybridized carbons (Fsp3) is 0.560. The molecule has 1 aliphatic carbocycles. The first kappa shape index (κ1) is 27.6. The first-order valence-electron chi connectivity index (χ1n) is 12.2. The number of rotatable bonds is 10. The number of aliphatic hydroxyl groups excluding tert-OH is 1. The van der Waals surface area contributed by atoms with Crippen molar-refractivity contribution in [2.45, 2.75) is 55.4 Å². The maximum absolute atomic E-state index is 13.7. The normalized spacial score (nSPS) is 18.0. The van der Waals surface area contributed by atoms with Gasteiger partial charge in [0.15, 0.2) is 15.7 Å². The van der Waals surface area contributed by atoms with Gasteiger partial charge in [0.1, 0.15) is 5.69 Å². The summed E-state index contributed by atoms with van der Waals surface area (Å²) in [7, 11) is -0.225. The molecule has 0 bridgehead atoms. The van der Waals surface area contributed by atoms with Crippen LogP contribution in [0.15, 0.2) is 30.5 Å². The van der Waals surface area contributed by atoms with Gasteiger partial charge in [-0.25, -0.2) is 13.4 Å². The monoisotopic (exact) mass is 551 g/mol. The van der Waals surface area contributed by atoms with E-state index in [-0.39, 0.29) is 43.6 Å². The number of halogens is 1. The first-order chi connectivity index (χ1) is 17.3. The number of benzene rings is 1. The molecule has 10 nitrogen and oxygen atoms in total. The molecule has 2 heterocycles. The number of aliphatic hydroxyl groups is 1. The van der Waals surface area contributed by atoms with Gasteiger partial charge in [-0.15, -0.1) is 0 Å². The molecular formula is C25H34ClN5O5S. The van der Waals surface area contributed by atoms with E-state index in [1.54, 1.807) is 49.5 Å². The van der Waals surface area contributed by atoms with Crippen molar-refractivity contribution >= 4 is 33.3 Å². The minimum absolute atomic E-state index is 0.0511. The molecule has 4 rings (SSSR count). The summed E-state index contributed by atoms with van der Waals surface area (Å²) in [5.74, 6) is -0.623. The van der Waals surface area contributed by atoms with E-state index in [0.29, 0.717) is 24.4 Å². The number of likely N-dealkylation sites (N-methyl/N-ethyl adjacent to an activating group) is 1. The van der Waals surface area contributed by atoms with Crippen LogP contribution in [0.2, 0.25) is 5.02 Å². The number of hydrogen-bond acceptors (Lipinski definition) is 7. The lowest BCUT2D eigenvalue weighted by atomic mass is 10.1. The van der Waals surface area contributed by atoms with Crippen molar-refractivity contribution in [3.05, 3.63) is 52.6 Å². The van der Waals surface area contributed by atoms with Crippen LogP contribution in [-0.4, -0.2) is 94.0 Å². The minimum atomic E-state index is -3.78. The molecule has 1 aromatic carbocycles. The Bertz CT molecular complexity index is 1290. The average Bonchev–Trinajstić information content (AvgIpc) is 3.50. The molecule has 2 N–H and O–H groups in total. The Morgan fingerprint density at radius 1 is 1.24 bits per heavy atom. The zero-order chi connectivity index (χ0) is 27.2. The highest BCUT2D eigenvalue weighted by atomic mass is 35.5. The zero-order valence-corrected chi connectivity index (χ0v) is 23.1. The number of carbonyl (C=O) groups is 2. The number of nitrogens with one attached hydrogen (secondary N) is 1. The molecule has 2 aliphatic rings. The van der Waals surface area contributed by atoms with E-state index in [1.807, 2.05) is 12.1 Å². The molecule has 1 atom stereocenters. The fourth-order valence-electron chi connectivity index (χ4n) is 4.75. The molecule has 12 heteroatoms. The van der Waals surface area contributed by atoms with Crippen molar-refractivity contribution in [3.8, 4) is 0 Å². The maximum Gasteiger partial charge on any atom is 0.287 e. The Balaban J connectivity index is 1.46. The Morgan fingerprint density at radius 3 is 2.49 bits per heavy atom. The van der Waals surface area contributed by atoms with Gasteiger partial charge >= 0.3 is 0 Å². The molecule has 0 spiro atoms. The fourth-order valence-corrected chi connectivity index (χ4v) is 7.39. The number of hydrogen-bond donors (Lipinski definition) is 2. The number of amides is 2. The largest absolute Gasteiger partial charge is 0.390 e. The lowest BCUT2D eigenvalue weighted by Gasteiger charge is -2.38. The van der Waals surface area contributed by atoms with Gasteiger partial charge in [-0.1, -0.05) is 23.7 Å². The molecule has 1 aromatic heterocycles. The van der Waals surface area contributed by atoms with Crippen LogP contribution in [0.3, 0.4) is 0 Å². The number of fused-ring (bicyclic) bond motifs is 1. The predicted molar refractivity (Wildman–Crippen MR) is 140 cm³/mol. The molecule has 2 aromatic rings. The third-order valence-electron chi connectivity index (χ3n) is 7.41. The highest BCUT2D eigenvalue weighted by Crippen LogP contribution is 2.50. The molecule has 2 amide bonds. The van der Waals surface area contributed by atoms with Gasteiger partial charge < -0.3 is 24.8 Å².